The molecule has 3 rings (SSSR count). The Balaban J connectivity index is 1.58. The summed E-state index contributed by atoms with van der Waals surface area (Å²) in [5.41, 5.74) is 2.41. The topological polar surface area (TPSA) is 73.1 Å². The molecule has 0 bridgehead atoms. The number of para-hydroxylation sites is 2. The summed E-state index contributed by atoms with van der Waals surface area (Å²) in [7, 11) is 0. The Hall–Kier alpha value is -2.76. The van der Waals surface area contributed by atoms with Crippen LogP contribution >= 0.6 is 0 Å². The summed E-state index contributed by atoms with van der Waals surface area (Å²) in [5, 5.41) is 3.83. The lowest BCUT2D eigenvalue weighted by Crippen LogP contribution is -2.42. The van der Waals surface area contributed by atoms with Crippen molar-refractivity contribution in [2.24, 2.45) is 5.10 Å². The number of ether oxygens (including phenoxy) is 2. The maximum Gasteiger partial charge on any atom is 0.284 e. The molecule has 1 aromatic carbocycles. The molecule has 0 fully saturated rings. The average molecular weight is 286 g/mol. The van der Waals surface area contributed by atoms with Crippen molar-refractivity contribution >= 4 is 12.1 Å². The molecule has 1 N–H and O–H groups in total. The first-order valence-electron chi connectivity index (χ1n) is 6.50. The number of hydrazone groups is 1. The van der Waals surface area contributed by atoms with Gasteiger partial charge >= 0.3 is 0 Å². The van der Waals surface area contributed by atoms with Crippen LogP contribution in [0.3, 0.4) is 0 Å². The van der Waals surface area contributed by atoms with Crippen LogP contribution in [0.2, 0.25) is 0 Å². The van der Waals surface area contributed by atoms with Gasteiger partial charge < -0.3 is 13.9 Å². The minimum atomic E-state index is -0.726. The van der Waals surface area contributed by atoms with Crippen LogP contribution in [0.25, 0.3) is 0 Å². The van der Waals surface area contributed by atoms with E-state index in [9.17, 15) is 4.79 Å². The smallest absolute Gasteiger partial charge is 0.284 e. The lowest BCUT2D eigenvalue weighted by Gasteiger charge is -2.24. The van der Waals surface area contributed by atoms with E-state index < -0.39 is 6.10 Å². The zero-order valence-corrected chi connectivity index (χ0v) is 11.4. The molecule has 0 saturated carbocycles. The molecule has 1 amide bonds. The van der Waals surface area contributed by atoms with Gasteiger partial charge in [0.1, 0.15) is 18.1 Å². The fourth-order valence-corrected chi connectivity index (χ4v) is 1.90. The largest absolute Gasteiger partial charge is 0.485 e. The Morgan fingerprint density at radius 3 is 2.86 bits per heavy atom. The van der Waals surface area contributed by atoms with E-state index in [1.54, 1.807) is 18.2 Å². The van der Waals surface area contributed by atoms with E-state index in [0.717, 1.165) is 5.76 Å². The molecule has 2 heterocycles. The van der Waals surface area contributed by atoms with Crippen molar-refractivity contribution in [3.63, 3.8) is 0 Å². The third-order valence-corrected chi connectivity index (χ3v) is 2.93. The second-order valence-corrected chi connectivity index (χ2v) is 4.55. The van der Waals surface area contributed by atoms with Crippen LogP contribution in [-0.4, -0.2) is 24.8 Å². The summed E-state index contributed by atoms with van der Waals surface area (Å²) in [4.78, 5) is 11.9. The molecule has 0 aliphatic carbocycles. The number of furan rings is 1. The molecule has 0 unspecified atom stereocenters. The molecule has 6 nitrogen and oxygen atoms in total. The second-order valence-electron chi connectivity index (χ2n) is 4.55. The second kappa shape index (κ2) is 5.70. The van der Waals surface area contributed by atoms with E-state index in [0.29, 0.717) is 17.3 Å². The lowest BCUT2D eigenvalue weighted by atomic mass is 10.2. The van der Waals surface area contributed by atoms with Gasteiger partial charge in [-0.05, 0) is 31.2 Å². The molecular weight excluding hydrogens is 272 g/mol. The number of nitrogens with one attached hydrogen (secondary N) is 1. The van der Waals surface area contributed by atoms with Crippen molar-refractivity contribution < 1.29 is 18.7 Å². The summed E-state index contributed by atoms with van der Waals surface area (Å²) in [5.74, 6) is 2.16. The van der Waals surface area contributed by atoms with Gasteiger partial charge in [0.05, 0.1) is 6.21 Å². The zero-order chi connectivity index (χ0) is 14.7. The Morgan fingerprint density at radius 2 is 2.10 bits per heavy atom. The summed E-state index contributed by atoms with van der Waals surface area (Å²) >= 11 is 0. The number of fused-ring (bicyclic) bond motifs is 1. The highest BCUT2D eigenvalue weighted by atomic mass is 16.6. The van der Waals surface area contributed by atoms with Gasteiger partial charge in [-0.15, -0.1) is 0 Å². The summed E-state index contributed by atoms with van der Waals surface area (Å²) in [6.07, 6.45) is 0.707. The van der Waals surface area contributed by atoms with Crippen molar-refractivity contribution in [3.05, 3.63) is 47.9 Å². The minimum absolute atomic E-state index is 0.151. The first-order valence-corrected chi connectivity index (χ1v) is 6.50. The highest BCUT2D eigenvalue weighted by molar-refractivity contribution is 5.83. The van der Waals surface area contributed by atoms with Gasteiger partial charge in [-0.1, -0.05) is 12.1 Å². The van der Waals surface area contributed by atoms with Crippen LogP contribution in [0.1, 0.15) is 11.5 Å². The fraction of sp³-hybridized carbons (Fsp3) is 0.200. The SMILES string of the molecule is Cc1ccc(/C=N\NC(=O)[C@@H]2COc3ccccc3O2)o1. The standard InChI is InChI=1S/C15H14N2O4/c1-10-6-7-11(20-10)8-16-17-15(18)14-9-19-12-4-2-3-5-13(12)21-14/h2-8,14H,9H2,1H3,(H,17,18)/b16-8-/t14-/m0/s1. The van der Waals surface area contributed by atoms with Crippen LogP contribution in [0, 0.1) is 6.92 Å². The van der Waals surface area contributed by atoms with Gasteiger partial charge in [0.15, 0.2) is 11.5 Å². The predicted octanol–water partition coefficient (Wildman–Crippen LogP) is 1.88. The summed E-state index contributed by atoms with van der Waals surface area (Å²) in [6.45, 7) is 1.98. The third-order valence-electron chi connectivity index (χ3n) is 2.93. The highest BCUT2D eigenvalue weighted by Crippen LogP contribution is 2.30. The van der Waals surface area contributed by atoms with Gasteiger partial charge in [-0.25, -0.2) is 5.43 Å². The number of benzene rings is 1. The Morgan fingerprint density at radius 1 is 1.29 bits per heavy atom. The number of amides is 1. The first-order chi connectivity index (χ1) is 10.2. The van der Waals surface area contributed by atoms with Gasteiger partial charge in [0.25, 0.3) is 5.91 Å². The van der Waals surface area contributed by atoms with E-state index in [-0.39, 0.29) is 12.5 Å². The van der Waals surface area contributed by atoms with E-state index in [4.69, 9.17) is 13.9 Å². The number of hydrogen-bond donors (Lipinski definition) is 1. The maximum absolute atomic E-state index is 11.9. The van der Waals surface area contributed by atoms with Crippen molar-refractivity contribution in [3.8, 4) is 11.5 Å². The van der Waals surface area contributed by atoms with E-state index in [1.165, 1.54) is 6.21 Å². The van der Waals surface area contributed by atoms with Crippen LogP contribution < -0.4 is 14.9 Å². The van der Waals surface area contributed by atoms with Crippen molar-refractivity contribution in [2.75, 3.05) is 6.61 Å². The lowest BCUT2D eigenvalue weighted by molar-refractivity contribution is -0.130. The quantitative estimate of drug-likeness (QED) is 0.690. The molecule has 1 aromatic heterocycles. The van der Waals surface area contributed by atoms with Gasteiger partial charge in [-0.2, -0.15) is 5.10 Å². The fourth-order valence-electron chi connectivity index (χ4n) is 1.90. The molecule has 2 aromatic rings. The third kappa shape index (κ3) is 3.05. The van der Waals surface area contributed by atoms with Crippen molar-refractivity contribution in [1.82, 2.24) is 5.43 Å². The average Bonchev–Trinajstić information content (AvgIpc) is 2.92. The Kier molecular flexibility index (Phi) is 3.59. The molecular formula is C15H14N2O4. The number of rotatable bonds is 3. The first kappa shape index (κ1) is 13.2. The molecule has 1 atom stereocenters. The molecule has 108 valence electrons. The van der Waals surface area contributed by atoms with E-state index in [2.05, 4.69) is 10.5 Å². The van der Waals surface area contributed by atoms with Crippen LogP contribution in [0.15, 0.2) is 45.9 Å². The van der Waals surface area contributed by atoms with Crippen LogP contribution in [-0.2, 0) is 4.79 Å². The normalized spacial score (nSPS) is 16.9. The van der Waals surface area contributed by atoms with Crippen molar-refractivity contribution in [2.45, 2.75) is 13.0 Å². The number of nitrogens with zero attached hydrogens (tertiary/aromatic N) is 1. The Labute approximate surface area is 121 Å². The number of carbonyl (C=O) groups is 1. The predicted molar refractivity (Wildman–Crippen MR) is 75.5 cm³/mol. The number of carbonyl (C=O) groups excluding carboxylic acids is 1. The van der Waals surface area contributed by atoms with Gasteiger partial charge in [-0.3, -0.25) is 4.79 Å². The Bertz CT molecular complexity index is 678. The maximum atomic E-state index is 11.9. The summed E-state index contributed by atoms with van der Waals surface area (Å²) < 4.78 is 16.3. The zero-order valence-electron chi connectivity index (χ0n) is 11.4. The van der Waals surface area contributed by atoms with Gasteiger partial charge in [0, 0.05) is 0 Å². The van der Waals surface area contributed by atoms with Gasteiger partial charge in [0.2, 0.25) is 6.10 Å². The molecule has 1 aliphatic rings. The van der Waals surface area contributed by atoms with Crippen LogP contribution in [0.5, 0.6) is 11.5 Å². The molecule has 6 heteroatoms. The van der Waals surface area contributed by atoms with Crippen molar-refractivity contribution in [1.29, 1.82) is 0 Å². The highest BCUT2D eigenvalue weighted by Gasteiger charge is 2.26. The van der Waals surface area contributed by atoms with E-state index >= 15 is 0 Å². The summed E-state index contributed by atoms with van der Waals surface area (Å²) in [6, 6.07) is 10.8. The molecule has 0 radical (unpaired) electrons. The number of hydrogen-bond acceptors (Lipinski definition) is 5. The molecule has 0 spiro atoms. The van der Waals surface area contributed by atoms with Crippen LogP contribution in [0.4, 0.5) is 0 Å². The molecule has 0 saturated heterocycles. The molecule has 1 aliphatic heterocycles. The number of aryl methyl sites for hydroxylation is 1. The monoisotopic (exact) mass is 286 g/mol. The minimum Gasteiger partial charge on any atom is -0.485 e. The van der Waals surface area contributed by atoms with E-state index in [1.807, 2.05) is 25.1 Å². The molecule has 21 heavy (non-hydrogen) atoms.